The molecule has 2 aromatic rings. The summed E-state index contributed by atoms with van der Waals surface area (Å²) < 4.78 is 1.04. The Labute approximate surface area is 188 Å². The molecule has 0 aliphatic heterocycles. The molecule has 11 heteroatoms. The molecule has 0 spiro atoms. The van der Waals surface area contributed by atoms with E-state index in [9.17, 15) is 0 Å². The fourth-order valence-corrected chi connectivity index (χ4v) is 1.61. The summed E-state index contributed by atoms with van der Waals surface area (Å²) in [5, 5.41) is 15.1. The third kappa shape index (κ3) is 13.4. The Balaban J connectivity index is 0.000000483. The molecule has 144 valence electrons. The average molecular weight is 479 g/mol. The number of hydrogen-bond donors (Lipinski definition) is 0. The van der Waals surface area contributed by atoms with Crippen LogP contribution in [0.1, 0.15) is 11.4 Å². The molecule has 0 amide bonds. The molecule has 2 heterocycles. The second kappa shape index (κ2) is 16.8. The summed E-state index contributed by atoms with van der Waals surface area (Å²) in [5.74, 6) is 0. The van der Waals surface area contributed by atoms with E-state index in [1.54, 1.807) is 24.8 Å². The molecule has 0 N–H and O–H groups in total. The molecule has 0 aliphatic rings. The van der Waals surface area contributed by atoms with Crippen LogP contribution in [0.5, 0.6) is 0 Å². The van der Waals surface area contributed by atoms with Crippen molar-refractivity contribution in [3.8, 4) is 0 Å². The topological polar surface area (TPSA) is 75.2 Å². The standard InChI is InChI=1S/2C8H9N3S2.Ni/c2*1-13-8(12)11-10-6-7-4-2-3-5-9-7;/h2*2-6H,1H3,(H,11,12);/q;;+2/p-2/b2*10-6+;. The van der Waals surface area contributed by atoms with E-state index in [1.807, 2.05) is 48.9 Å². The van der Waals surface area contributed by atoms with Gasteiger partial charge < -0.3 is 25.3 Å². The smallest absolute Gasteiger partial charge is 0.752 e. The van der Waals surface area contributed by atoms with Gasteiger partial charge in [0.2, 0.25) is 0 Å². The number of hydrogen-bond acceptors (Lipinski definition) is 10. The zero-order chi connectivity index (χ0) is 19.0. The van der Waals surface area contributed by atoms with Gasteiger partial charge in [0, 0.05) is 12.4 Å². The fourth-order valence-electron chi connectivity index (χ4n) is 1.26. The van der Waals surface area contributed by atoms with E-state index >= 15 is 0 Å². The van der Waals surface area contributed by atoms with Crippen molar-refractivity contribution in [3.63, 3.8) is 0 Å². The van der Waals surface area contributed by atoms with E-state index < -0.39 is 0 Å². The Kier molecular flexibility index (Phi) is 15.9. The van der Waals surface area contributed by atoms with Crippen LogP contribution in [0.15, 0.2) is 69.2 Å². The average Bonchev–Trinajstić information content (AvgIpc) is 2.70. The number of nitrogens with zero attached hydrogens (tertiary/aromatic N) is 6. The summed E-state index contributed by atoms with van der Waals surface area (Å²) in [6, 6.07) is 11.2. The van der Waals surface area contributed by atoms with Gasteiger partial charge in [0.25, 0.3) is 0 Å². The van der Waals surface area contributed by atoms with Gasteiger partial charge in [0.15, 0.2) is 0 Å². The quantitative estimate of drug-likeness (QED) is 0.220. The van der Waals surface area contributed by atoms with Gasteiger partial charge in [-0.05, 0) is 45.5 Å². The molecule has 0 aliphatic carbocycles. The molecule has 0 saturated heterocycles. The summed E-state index contributed by atoms with van der Waals surface area (Å²) in [4.78, 5) is 8.08. The third-order valence-corrected chi connectivity index (χ3v) is 4.41. The van der Waals surface area contributed by atoms with E-state index in [-0.39, 0.29) is 16.5 Å². The maximum absolute atomic E-state index is 4.83. The summed E-state index contributed by atoms with van der Waals surface area (Å²) in [6.07, 6.45) is 10.3. The Morgan fingerprint density at radius 3 is 1.52 bits per heavy atom. The fraction of sp³-hybridized carbons (Fsp3) is 0.125. The van der Waals surface area contributed by atoms with Crippen molar-refractivity contribution in [2.75, 3.05) is 12.5 Å². The van der Waals surface area contributed by atoms with Gasteiger partial charge in [-0.3, -0.25) is 9.97 Å². The van der Waals surface area contributed by atoms with Crippen LogP contribution in [0.25, 0.3) is 0 Å². The number of thioether (sulfide) groups is 2. The maximum Gasteiger partial charge on any atom is 2.00 e. The maximum atomic E-state index is 4.83. The first kappa shape index (κ1) is 25.6. The Morgan fingerprint density at radius 2 is 1.22 bits per heavy atom. The molecule has 6 nitrogen and oxygen atoms in total. The van der Waals surface area contributed by atoms with Gasteiger partial charge in [-0.15, -0.1) is 23.5 Å². The van der Waals surface area contributed by atoms with Crippen LogP contribution in [-0.4, -0.2) is 43.7 Å². The van der Waals surface area contributed by atoms with E-state index in [4.69, 9.17) is 25.3 Å². The second-order valence-corrected chi connectivity index (χ2v) is 7.02. The molecule has 0 fully saturated rings. The largest absolute Gasteiger partial charge is 2.00 e. The van der Waals surface area contributed by atoms with Crippen LogP contribution in [0.4, 0.5) is 0 Å². The normalized spacial score (nSPS) is 11.8. The molecule has 27 heavy (non-hydrogen) atoms. The van der Waals surface area contributed by atoms with Crippen LogP contribution < -0.4 is 0 Å². The minimum atomic E-state index is 0. The van der Waals surface area contributed by atoms with E-state index in [2.05, 4.69) is 30.4 Å². The number of rotatable bonds is 4. The van der Waals surface area contributed by atoms with Gasteiger partial charge in [-0.2, -0.15) is 20.4 Å². The van der Waals surface area contributed by atoms with Crippen LogP contribution >= 0.6 is 23.5 Å². The molecular weight excluding hydrogens is 463 g/mol. The van der Waals surface area contributed by atoms with Crippen molar-refractivity contribution in [2.24, 2.45) is 20.4 Å². The first-order valence-electron chi connectivity index (χ1n) is 7.11. The zero-order valence-corrected chi connectivity index (χ0v) is 18.7. The Hall–Kier alpha value is -1.39. The third-order valence-electron chi connectivity index (χ3n) is 2.38. The number of aromatic nitrogens is 2. The van der Waals surface area contributed by atoms with Crippen LogP contribution in [-0.2, 0) is 41.7 Å². The molecule has 0 saturated carbocycles. The van der Waals surface area contributed by atoms with Crippen LogP contribution in [0, 0.1) is 0 Å². The van der Waals surface area contributed by atoms with E-state index in [0.29, 0.717) is 8.75 Å². The van der Waals surface area contributed by atoms with Crippen molar-refractivity contribution in [1.29, 1.82) is 0 Å². The van der Waals surface area contributed by atoms with Crippen LogP contribution in [0.3, 0.4) is 0 Å². The number of pyridine rings is 2. The van der Waals surface area contributed by atoms with Gasteiger partial charge >= 0.3 is 16.5 Å². The molecular formula is C16H16N6NiS4. The summed E-state index contributed by atoms with van der Waals surface area (Å²) in [5.41, 5.74) is 1.55. The van der Waals surface area contributed by atoms with Crippen LogP contribution in [0.2, 0.25) is 0 Å². The van der Waals surface area contributed by atoms with Gasteiger partial charge in [0.05, 0.1) is 23.8 Å². The predicted molar refractivity (Wildman–Crippen MR) is 120 cm³/mol. The van der Waals surface area contributed by atoms with Crippen molar-refractivity contribution in [2.45, 2.75) is 0 Å². The van der Waals surface area contributed by atoms with Crippen molar-refractivity contribution >= 4 is 70.0 Å². The SMILES string of the molecule is CS/C([S-])=N/N=C/c1ccccn1.CS/C([S-])=N/N=C/c1ccccn1.[Ni+2]. The summed E-state index contributed by atoms with van der Waals surface area (Å²) in [6.45, 7) is 0. The zero-order valence-electron chi connectivity index (χ0n) is 14.4. The monoisotopic (exact) mass is 478 g/mol. The summed E-state index contributed by atoms with van der Waals surface area (Å²) in [7, 11) is 0. The molecule has 2 aromatic heterocycles. The van der Waals surface area contributed by atoms with Gasteiger partial charge in [-0.1, -0.05) is 12.1 Å². The molecule has 0 atom stereocenters. The molecule has 0 bridgehead atoms. The first-order chi connectivity index (χ1) is 12.7. The Morgan fingerprint density at radius 1 is 0.815 bits per heavy atom. The summed E-state index contributed by atoms with van der Waals surface area (Å²) >= 11 is 12.4. The predicted octanol–water partition coefficient (Wildman–Crippen LogP) is 3.36. The van der Waals surface area contributed by atoms with Gasteiger partial charge in [-0.25, -0.2) is 0 Å². The second-order valence-electron chi connectivity index (χ2n) is 4.14. The minimum Gasteiger partial charge on any atom is -0.752 e. The van der Waals surface area contributed by atoms with E-state index in [0.717, 1.165) is 11.4 Å². The first-order valence-corrected chi connectivity index (χ1v) is 10.4. The molecule has 0 unspecified atom stereocenters. The van der Waals surface area contributed by atoms with E-state index in [1.165, 1.54) is 23.5 Å². The molecule has 0 radical (unpaired) electrons. The van der Waals surface area contributed by atoms with Crippen molar-refractivity contribution in [3.05, 3.63) is 60.2 Å². The van der Waals surface area contributed by atoms with Crippen molar-refractivity contribution < 1.29 is 16.5 Å². The van der Waals surface area contributed by atoms with Gasteiger partial charge in [0.1, 0.15) is 0 Å². The molecule has 2 rings (SSSR count). The molecule has 0 aromatic carbocycles. The van der Waals surface area contributed by atoms with Crippen molar-refractivity contribution in [1.82, 2.24) is 9.97 Å². The minimum absolute atomic E-state index is 0. The Bertz CT molecular complexity index is 689.